The molecule has 12 aromatic carbocycles. The Hall–Kier alpha value is -8.72. The first kappa shape index (κ1) is 37.8. The van der Waals surface area contributed by atoms with Gasteiger partial charge >= 0.3 is 0 Å². The molecule has 13 rings (SSSR count). The number of hydrogen-bond donors (Lipinski definition) is 0. The maximum absolute atomic E-state index is 6.26. The maximum Gasteiger partial charge on any atom is 0.136 e. The predicted octanol–water partition coefficient (Wildman–Crippen LogP) is 18.3. The summed E-state index contributed by atoms with van der Waals surface area (Å²) in [5.74, 6) is 0. The Bertz CT molecular complexity index is 3960. The van der Waals surface area contributed by atoms with E-state index in [2.05, 4.69) is 241 Å². The second-order valence-electron chi connectivity index (χ2n) is 17.2. The predicted molar refractivity (Wildman–Crippen MR) is 280 cm³/mol. The fourth-order valence-electron chi connectivity index (χ4n) is 10.2. The maximum atomic E-state index is 6.26. The van der Waals surface area contributed by atoms with Gasteiger partial charge in [-0.05, 0) is 142 Å². The number of furan rings is 1. The lowest BCUT2D eigenvalue weighted by Gasteiger charge is -2.26. The van der Waals surface area contributed by atoms with Crippen molar-refractivity contribution in [2.24, 2.45) is 0 Å². The molecule has 0 aliphatic rings. The minimum Gasteiger partial charge on any atom is -0.456 e. The van der Waals surface area contributed by atoms with Gasteiger partial charge in [0.15, 0.2) is 0 Å². The van der Waals surface area contributed by atoms with Crippen LogP contribution >= 0.6 is 0 Å². The molecule has 0 spiro atoms. The molecule has 0 saturated carbocycles. The number of anilines is 3. The van der Waals surface area contributed by atoms with Gasteiger partial charge in [-0.3, -0.25) is 0 Å². The van der Waals surface area contributed by atoms with Crippen LogP contribution in [0, 0.1) is 0 Å². The van der Waals surface area contributed by atoms with Crippen LogP contribution < -0.4 is 4.90 Å². The lowest BCUT2D eigenvalue weighted by atomic mass is 9.93. The third kappa shape index (κ3) is 6.42. The molecule has 0 amide bonds. The Labute approximate surface area is 382 Å². The van der Waals surface area contributed by atoms with Crippen molar-refractivity contribution in [2.45, 2.75) is 0 Å². The van der Waals surface area contributed by atoms with Crippen LogP contribution in [0.5, 0.6) is 0 Å². The van der Waals surface area contributed by atoms with E-state index in [9.17, 15) is 0 Å². The zero-order chi connectivity index (χ0) is 43.6. The summed E-state index contributed by atoms with van der Waals surface area (Å²) >= 11 is 0. The van der Waals surface area contributed by atoms with Crippen molar-refractivity contribution >= 4 is 82.1 Å². The second-order valence-corrected chi connectivity index (χ2v) is 17.2. The molecule has 0 atom stereocenters. The van der Waals surface area contributed by atoms with Crippen LogP contribution in [-0.2, 0) is 0 Å². The van der Waals surface area contributed by atoms with Crippen LogP contribution in [-0.4, -0.2) is 0 Å². The van der Waals surface area contributed by atoms with Gasteiger partial charge in [0.2, 0.25) is 0 Å². The summed E-state index contributed by atoms with van der Waals surface area (Å²) in [5.41, 5.74) is 14.5. The van der Waals surface area contributed by atoms with E-state index in [1.54, 1.807) is 0 Å². The Kier molecular flexibility index (Phi) is 8.89. The Balaban J connectivity index is 0.853. The number of rotatable bonds is 7. The summed E-state index contributed by atoms with van der Waals surface area (Å²) in [4.78, 5) is 2.35. The van der Waals surface area contributed by atoms with E-state index in [1.165, 1.54) is 76.5 Å². The number of nitrogens with zero attached hydrogens (tertiary/aromatic N) is 1. The molecule has 0 unspecified atom stereocenters. The minimum atomic E-state index is 0.899. The third-order valence-corrected chi connectivity index (χ3v) is 13.5. The largest absolute Gasteiger partial charge is 0.456 e. The zero-order valence-corrected chi connectivity index (χ0v) is 36.0. The van der Waals surface area contributed by atoms with Crippen molar-refractivity contribution in [3.63, 3.8) is 0 Å². The van der Waals surface area contributed by atoms with Gasteiger partial charge in [0.05, 0.1) is 0 Å². The standard InChI is InChI=1S/C64H41NO/c1-3-11-54-45(9-1)23-24-50-41-49(32-39-57(50)54)44-27-35-52(36-28-44)65(53-37-29-48(30-38-53)58-15-8-18-63-64(58)61-13-5-6-17-62(61)66-63)51-33-25-43(26-34-51)42-19-21-47(22-20-42)56-14-7-16-59-55-12-4-2-10-46(55)31-40-60(56)59/h1-41H. The van der Waals surface area contributed by atoms with E-state index in [4.69, 9.17) is 4.42 Å². The van der Waals surface area contributed by atoms with Gasteiger partial charge in [-0.1, -0.05) is 194 Å². The van der Waals surface area contributed by atoms with E-state index in [-0.39, 0.29) is 0 Å². The van der Waals surface area contributed by atoms with Gasteiger partial charge in [0.1, 0.15) is 11.2 Å². The summed E-state index contributed by atoms with van der Waals surface area (Å²) in [6, 6.07) is 90.2. The van der Waals surface area contributed by atoms with Gasteiger partial charge in [-0.2, -0.15) is 0 Å². The SMILES string of the molecule is c1ccc2c(c1)ccc1cc(-c3ccc(N(c4ccc(-c5ccc(-c6cccc7c6ccc6ccccc67)cc5)cc4)c4ccc(-c5cccc6oc7ccccc7c56)cc4)cc3)ccc12. The van der Waals surface area contributed by atoms with Crippen molar-refractivity contribution in [1.82, 2.24) is 0 Å². The van der Waals surface area contributed by atoms with E-state index in [1.807, 2.05) is 12.1 Å². The summed E-state index contributed by atoms with van der Waals surface area (Å²) in [6.45, 7) is 0. The number of hydrogen-bond acceptors (Lipinski definition) is 2. The highest BCUT2D eigenvalue weighted by Crippen LogP contribution is 2.41. The minimum absolute atomic E-state index is 0.899. The van der Waals surface area contributed by atoms with Gasteiger partial charge < -0.3 is 9.32 Å². The molecule has 1 heterocycles. The molecule has 0 aliphatic carbocycles. The molecule has 0 radical (unpaired) electrons. The normalized spacial score (nSPS) is 11.6. The first-order chi connectivity index (χ1) is 32.7. The second kappa shape index (κ2) is 15.5. The summed E-state index contributed by atoms with van der Waals surface area (Å²) in [5, 5.41) is 12.4. The smallest absolute Gasteiger partial charge is 0.136 e. The molecule has 0 N–H and O–H groups in total. The number of para-hydroxylation sites is 1. The molecule has 0 saturated heterocycles. The van der Waals surface area contributed by atoms with Crippen molar-refractivity contribution in [3.8, 4) is 44.5 Å². The molecule has 2 heteroatoms. The average molecular weight is 840 g/mol. The highest BCUT2D eigenvalue weighted by Gasteiger charge is 2.17. The molecule has 66 heavy (non-hydrogen) atoms. The molecular weight excluding hydrogens is 799 g/mol. The van der Waals surface area contributed by atoms with Crippen LogP contribution in [0.15, 0.2) is 253 Å². The van der Waals surface area contributed by atoms with Crippen LogP contribution in [0.25, 0.3) is 110 Å². The third-order valence-electron chi connectivity index (χ3n) is 13.5. The van der Waals surface area contributed by atoms with E-state index < -0.39 is 0 Å². The van der Waals surface area contributed by atoms with Crippen molar-refractivity contribution in [1.29, 1.82) is 0 Å². The summed E-state index contributed by atoms with van der Waals surface area (Å²) in [7, 11) is 0. The van der Waals surface area contributed by atoms with Crippen molar-refractivity contribution < 1.29 is 4.42 Å². The van der Waals surface area contributed by atoms with Crippen molar-refractivity contribution in [3.05, 3.63) is 249 Å². The number of fused-ring (bicyclic) bond motifs is 9. The average Bonchev–Trinajstić information content (AvgIpc) is 3.78. The molecular formula is C64H41NO. The van der Waals surface area contributed by atoms with Crippen molar-refractivity contribution in [2.75, 3.05) is 4.90 Å². The Morgan fingerprint density at radius 1 is 0.242 bits per heavy atom. The van der Waals surface area contributed by atoms with Crippen LogP contribution in [0.2, 0.25) is 0 Å². The first-order valence-corrected chi connectivity index (χ1v) is 22.6. The summed E-state index contributed by atoms with van der Waals surface area (Å²) in [6.07, 6.45) is 0. The Morgan fingerprint density at radius 2 is 0.667 bits per heavy atom. The molecule has 0 fully saturated rings. The summed E-state index contributed by atoms with van der Waals surface area (Å²) < 4.78 is 6.26. The van der Waals surface area contributed by atoms with Crippen LogP contribution in [0.1, 0.15) is 0 Å². The first-order valence-electron chi connectivity index (χ1n) is 22.6. The number of benzene rings is 12. The quantitative estimate of drug-likeness (QED) is 0.149. The van der Waals surface area contributed by atoms with Gasteiger partial charge in [-0.25, -0.2) is 0 Å². The van der Waals surface area contributed by atoms with Gasteiger partial charge in [0.25, 0.3) is 0 Å². The fourth-order valence-corrected chi connectivity index (χ4v) is 10.2. The van der Waals surface area contributed by atoms with Gasteiger partial charge in [0, 0.05) is 27.8 Å². The van der Waals surface area contributed by atoms with E-state index >= 15 is 0 Å². The van der Waals surface area contributed by atoms with Crippen LogP contribution in [0.3, 0.4) is 0 Å². The topological polar surface area (TPSA) is 16.4 Å². The highest BCUT2D eigenvalue weighted by molar-refractivity contribution is 6.13. The van der Waals surface area contributed by atoms with E-state index in [0.717, 1.165) is 50.1 Å². The highest BCUT2D eigenvalue weighted by atomic mass is 16.3. The molecule has 0 bridgehead atoms. The molecule has 1 aromatic heterocycles. The molecule has 13 aromatic rings. The molecule has 2 nitrogen and oxygen atoms in total. The van der Waals surface area contributed by atoms with Gasteiger partial charge in [-0.15, -0.1) is 0 Å². The van der Waals surface area contributed by atoms with E-state index in [0.29, 0.717) is 0 Å². The lowest BCUT2D eigenvalue weighted by molar-refractivity contribution is 0.669. The Morgan fingerprint density at radius 3 is 1.36 bits per heavy atom. The van der Waals surface area contributed by atoms with Crippen LogP contribution in [0.4, 0.5) is 17.1 Å². The lowest BCUT2D eigenvalue weighted by Crippen LogP contribution is -2.09. The fraction of sp³-hybridized carbons (Fsp3) is 0. The molecule has 0 aliphatic heterocycles. The monoisotopic (exact) mass is 839 g/mol. The molecule has 308 valence electrons. The zero-order valence-electron chi connectivity index (χ0n) is 36.0.